The number of carbonyl (C=O) groups excluding carboxylic acids is 1. The Bertz CT molecular complexity index is 106. The molecule has 0 amide bonds. The van der Waals surface area contributed by atoms with Crippen molar-refractivity contribution in [2.24, 2.45) is 0 Å². The summed E-state index contributed by atoms with van der Waals surface area (Å²) in [6, 6.07) is 0. The molecule has 100 valence electrons. The fourth-order valence-electron chi connectivity index (χ4n) is 0.724. The molecule has 0 aromatic heterocycles. The first kappa shape index (κ1) is 32.4. The summed E-state index contributed by atoms with van der Waals surface area (Å²) in [5.41, 5.74) is 0. The minimum absolute atomic E-state index is 0. The van der Waals surface area contributed by atoms with E-state index in [9.17, 15) is 0 Å². The summed E-state index contributed by atoms with van der Waals surface area (Å²) in [5.74, 6) is 0. The summed E-state index contributed by atoms with van der Waals surface area (Å²) < 4.78 is 0. The summed E-state index contributed by atoms with van der Waals surface area (Å²) in [6.07, 6.45) is 4.32. The number of carbonyl (C=O) groups is 1. The van der Waals surface area contributed by atoms with E-state index in [1.807, 2.05) is 0 Å². The van der Waals surface area contributed by atoms with Crippen molar-refractivity contribution in [1.29, 1.82) is 0 Å². The first-order valence-electron chi connectivity index (χ1n) is 5.66. The molecule has 0 atom stereocenters. The Morgan fingerprint density at radius 2 is 1.06 bits per heavy atom. The van der Waals surface area contributed by atoms with Gasteiger partial charge in [-0.15, -0.1) is 0 Å². The van der Waals surface area contributed by atoms with E-state index in [4.69, 9.17) is 25.2 Å². The van der Waals surface area contributed by atoms with Crippen LogP contribution in [0.1, 0.15) is 52.4 Å². The van der Waals surface area contributed by atoms with Crippen molar-refractivity contribution in [3.8, 4) is 0 Å². The fraction of sp³-hybridized carbons (Fsp3) is 0.909. The summed E-state index contributed by atoms with van der Waals surface area (Å²) in [5, 5.41) is 33.1. The van der Waals surface area contributed by atoms with Gasteiger partial charge in [-0.05, 0) is 19.0 Å². The molecule has 0 rings (SSSR count). The third-order valence-electron chi connectivity index (χ3n) is 1.52. The Morgan fingerprint density at radius 1 is 0.833 bits per heavy atom. The maximum Gasteiger partial charge on any atom is 1.00 e. The van der Waals surface area contributed by atoms with Gasteiger partial charge in [-0.1, -0.05) is 39.5 Å². The quantitative estimate of drug-likeness (QED) is 0.375. The molecule has 0 unspecified atom stereocenters. The second-order valence-corrected chi connectivity index (χ2v) is 3.11. The maximum atomic E-state index is 8.33. The predicted molar refractivity (Wildman–Crippen MR) is 58.6 cm³/mol. The molecule has 0 bridgehead atoms. The number of rotatable bonds is 6. The minimum Gasteiger partial charge on any atom is -0.652 e. The van der Waals surface area contributed by atoms with Crippen LogP contribution in [0.4, 0.5) is 4.79 Å². The van der Waals surface area contributed by atoms with Crippen molar-refractivity contribution in [1.82, 2.24) is 0 Å². The fourth-order valence-corrected chi connectivity index (χ4v) is 0.724. The molecule has 0 saturated carbocycles. The smallest absolute Gasteiger partial charge is 0.652 e. The van der Waals surface area contributed by atoms with Crippen molar-refractivity contribution in [3.05, 3.63) is 0 Å². The van der Waals surface area contributed by atoms with E-state index in [0.717, 1.165) is 25.7 Å². The molecule has 0 spiro atoms. The molecule has 7 heteroatoms. The number of unbranched alkanes of at least 4 members (excludes halogenated alkanes) is 4. The largest absolute Gasteiger partial charge is 1.00 e. The summed E-state index contributed by atoms with van der Waals surface area (Å²) >= 11 is 0. The van der Waals surface area contributed by atoms with Crippen LogP contribution in [0.2, 0.25) is 0 Å². The van der Waals surface area contributed by atoms with Crippen molar-refractivity contribution < 1.29 is 128 Å². The standard InChI is InChI=1S/2C5H12O.CH2O3.2K/c2*1-2-3-4-5-6;2-1(3)4;;/h2*6H,2-5H2,1H3;(H2,2,3,4);;/q;;;2*+1/p-2. The Kier molecular flexibility index (Phi) is 65.9. The molecule has 0 aliphatic rings. The molecule has 0 radical (unpaired) electrons. The topological polar surface area (TPSA) is 104 Å². The normalized spacial score (nSPS) is 7.33. The van der Waals surface area contributed by atoms with Crippen molar-refractivity contribution in [3.63, 3.8) is 0 Å². The summed E-state index contributed by atoms with van der Waals surface area (Å²) in [6.45, 7) is 4.95. The van der Waals surface area contributed by atoms with E-state index in [0.29, 0.717) is 13.2 Å². The number of aliphatic hydroxyl groups excluding tert-OH is 2. The number of hydrogen-bond acceptors (Lipinski definition) is 5. The molecule has 0 aromatic carbocycles. The predicted octanol–water partition coefficient (Wildman–Crippen LogP) is -6.10. The van der Waals surface area contributed by atoms with Crippen LogP contribution in [0.5, 0.6) is 0 Å². The van der Waals surface area contributed by atoms with Gasteiger partial charge in [0.15, 0.2) is 0 Å². The SMILES string of the molecule is CCCCCO.CCCCCO.O=C([O-])[O-].[K+].[K+]. The van der Waals surface area contributed by atoms with E-state index in [2.05, 4.69) is 13.8 Å². The van der Waals surface area contributed by atoms with Crippen LogP contribution in [-0.4, -0.2) is 29.6 Å². The summed E-state index contributed by atoms with van der Waals surface area (Å²) in [4.78, 5) is 8.33. The number of aliphatic hydroxyl groups is 2. The van der Waals surface area contributed by atoms with Crippen molar-refractivity contribution >= 4 is 6.16 Å². The van der Waals surface area contributed by atoms with Crippen LogP contribution in [0.15, 0.2) is 0 Å². The van der Waals surface area contributed by atoms with Crippen LogP contribution in [0, 0.1) is 0 Å². The number of carboxylic acid groups (broad SMARTS) is 2. The molecule has 0 aromatic rings. The van der Waals surface area contributed by atoms with Gasteiger partial charge in [0, 0.05) is 13.2 Å². The molecule has 0 fully saturated rings. The first-order valence-corrected chi connectivity index (χ1v) is 5.66. The molecule has 2 N–H and O–H groups in total. The second kappa shape index (κ2) is 36.6. The van der Waals surface area contributed by atoms with Gasteiger partial charge in [0.25, 0.3) is 0 Å². The third-order valence-corrected chi connectivity index (χ3v) is 1.52. The van der Waals surface area contributed by atoms with Crippen molar-refractivity contribution in [2.45, 2.75) is 52.4 Å². The van der Waals surface area contributed by atoms with Gasteiger partial charge >= 0.3 is 103 Å². The van der Waals surface area contributed by atoms with Crippen LogP contribution in [0.25, 0.3) is 0 Å². The number of hydrogen-bond donors (Lipinski definition) is 2. The van der Waals surface area contributed by atoms with Gasteiger partial charge in [0.05, 0.1) is 0 Å². The molecule has 5 nitrogen and oxygen atoms in total. The van der Waals surface area contributed by atoms with Crippen LogP contribution in [0.3, 0.4) is 0 Å². The van der Waals surface area contributed by atoms with Gasteiger partial charge < -0.3 is 25.2 Å². The molecule has 0 aliphatic carbocycles. The Balaban J connectivity index is -0.0000000454. The molecule has 0 heterocycles. The van der Waals surface area contributed by atoms with Gasteiger partial charge in [0.2, 0.25) is 0 Å². The van der Waals surface area contributed by atoms with E-state index >= 15 is 0 Å². The van der Waals surface area contributed by atoms with Gasteiger partial charge in [-0.3, -0.25) is 0 Å². The second-order valence-electron chi connectivity index (χ2n) is 3.11. The van der Waals surface area contributed by atoms with Crippen LogP contribution < -0.4 is 113 Å². The monoisotopic (exact) mass is 314 g/mol. The van der Waals surface area contributed by atoms with Crippen molar-refractivity contribution in [2.75, 3.05) is 13.2 Å². The third kappa shape index (κ3) is 78.6. The molecular weight excluding hydrogens is 290 g/mol. The first-order chi connectivity index (χ1) is 7.56. The van der Waals surface area contributed by atoms with Gasteiger partial charge in [-0.2, -0.15) is 0 Å². The summed E-state index contributed by atoms with van der Waals surface area (Å²) in [7, 11) is 0. The molecule has 18 heavy (non-hydrogen) atoms. The van der Waals surface area contributed by atoms with Crippen LogP contribution >= 0.6 is 0 Å². The Labute approximate surface area is 196 Å². The zero-order valence-corrected chi connectivity index (χ0v) is 18.5. The Morgan fingerprint density at radius 3 is 1.11 bits per heavy atom. The average molecular weight is 315 g/mol. The molecular formula is C11H24K2O5. The van der Waals surface area contributed by atoms with E-state index in [1.54, 1.807) is 0 Å². The molecule has 0 saturated heterocycles. The Hall–Kier alpha value is 2.46. The van der Waals surface area contributed by atoms with Crippen LogP contribution in [-0.2, 0) is 0 Å². The zero-order valence-electron chi connectivity index (χ0n) is 12.3. The maximum absolute atomic E-state index is 8.33. The average Bonchev–Trinajstić information content (AvgIpc) is 2.23. The zero-order chi connectivity index (χ0) is 13.2. The van der Waals surface area contributed by atoms with Gasteiger partial charge in [-0.25, -0.2) is 0 Å². The van der Waals surface area contributed by atoms with Gasteiger partial charge in [0.1, 0.15) is 0 Å². The minimum atomic E-state index is -2.33. The van der Waals surface area contributed by atoms with E-state index in [-0.39, 0.29) is 103 Å². The molecule has 0 aliphatic heterocycles. The van der Waals surface area contributed by atoms with E-state index < -0.39 is 6.16 Å². The van der Waals surface area contributed by atoms with E-state index in [1.165, 1.54) is 12.8 Å².